The quantitative estimate of drug-likeness (QED) is 0.821. The van der Waals surface area contributed by atoms with E-state index in [1.807, 2.05) is 6.07 Å². The molecular weight excluding hydrogens is 196 g/mol. The summed E-state index contributed by atoms with van der Waals surface area (Å²) in [6.07, 6.45) is 7.02. The molecule has 2 saturated carbocycles. The molecule has 1 aromatic carbocycles. The largest absolute Gasteiger partial charge is 0.396 e. The van der Waals surface area contributed by atoms with Crippen LogP contribution in [0.4, 0.5) is 0 Å². The molecule has 2 aliphatic rings. The second-order valence-corrected chi connectivity index (χ2v) is 5.72. The van der Waals surface area contributed by atoms with E-state index in [9.17, 15) is 5.11 Å². The smallest absolute Gasteiger partial charge is 0.0502 e. The van der Waals surface area contributed by atoms with E-state index in [1.54, 1.807) is 0 Å². The summed E-state index contributed by atoms with van der Waals surface area (Å²) in [6.45, 7) is 0.310. The van der Waals surface area contributed by atoms with Gasteiger partial charge < -0.3 is 5.11 Å². The van der Waals surface area contributed by atoms with Crippen molar-refractivity contribution >= 4 is 0 Å². The Bertz CT molecular complexity index is 345. The average Bonchev–Trinajstić information content (AvgIpc) is 2.21. The van der Waals surface area contributed by atoms with Gasteiger partial charge in [0, 0.05) is 5.92 Å². The third-order valence-electron chi connectivity index (χ3n) is 4.80. The van der Waals surface area contributed by atoms with Gasteiger partial charge >= 0.3 is 0 Å². The normalized spacial score (nSPS) is 24.8. The molecule has 0 aliphatic heterocycles. The van der Waals surface area contributed by atoms with E-state index >= 15 is 0 Å². The molecule has 0 saturated heterocycles. The fraction of sp³-hybridized carbons (Fsp3) is 0.600. The van der Waals surface area contributed by atoms with E-state index in [2.05, 4.69) is 24.3 Å². The predicted molar refractivity (Wildman–Crippen MR) is 65.3 cm³/mol. The van der Waals surface area contributed by atoms with Crippen molar-refractivity contribution in [2.45, 2.75) is 38.0 Å². The van der Waals surface area contributed by atoms with E-state index in [4.69, 9.17) is 0 Å². The van der Waals surface area contributed by atoms with Crippen LogP contribution >= 0.6 is 0 Å². The Labute approximate surface area is 97.5 Å². The minimum absolute atomic E-state index is 0.310. The molecule has 0 unspecified atom stereocenters. The average molecular weight is 216 g/mol. The second-order valence-electron chi connectivity index (χ2n) is 5.72. The highest BCUT2D eigenvalue weighted by atomic mass is 16.3. The van der Waals surface area contributed by atoms with Gasteiger partial charge in [0.25, 0.3) is 0 Å². The van der Waals surface area contributed by atoms with Gasteiger partial charge in [-0.15, -0.1) is 0 Å². The fourth-order valence-electron chi connectivity index (χ4n) is 3.65. The summed E-state index contributed by atoms with van der Waals surface area (Å²) in [4.78, 5) is 0. The van der Waals surface area contributed by atoms with Crippen LogP contribution in [0.3, 0.4) is 0 Å². The first-order valence-corrected chi connectivity index (χ1v) is 6.49. The molecule has 0 radical (unpaired) electrons. The molecule has 0 bridgehead atoms. The van der Waals surface area contributed by atoms with Gasteiger partial charge in [-0.1, -0.05) is 36.8 Å². The molecule has 0 aromatic heterocycles. The van der Waals surface area contributed by atoms with Crippen molar-refractivity contribution in [3.05, 3.63) is 35.9 Å². The van der Waals surface area contributed by atoms with Gasteiger partial charge in [0.1, 0.15) is 0 Å². The van der Waals surface area contributed by atoms with Gasteiger partial charge in [-0.3, -0.25) is 0 Å². The number of hydrogen-bond donors (Lipinski definition) is 1. The lowest BCUT2D eigenvalue weighted by molar-refractivity contribution is -0.0430. The lowest BCUT2D eigenvalue weighted by atomic mass is 9.49. The second kappa shape index (κ2) is 3.89. The topological polar surface area (TPSA) is 20.2 Å². The Balaban J connectivity index is 1.69. The van der Waals surface area contributed by atoms with Crippen molar-refractivity contribution < 1.29 is 5.11 Å². The zero-order valence-electron chi connectivity index (χ0n) is 9.73. The molecule has 1 heteroatoms. The Morgan fingerprint density at radius 2 is 1.88 bits per heavy atom. The van der Waals surface area contributed by atoms with E-state index in [-0.39, 0.29) is 0 Å². The third-order valence-corrected chi connectivity index (χ3v) is 4.80. The molecule has 0 heterocycles. The molecular formula is C15H20O. The van der Waals surface area contributed by atoms with Crippen LogP contribution < -0.4 is 0 Å². The number of aliphatic hydroxyl groups is 1. The van der Waals surface area contributed by atoms with Gasteiger partial charge in [-0.05, 0) is 42.6 Å². The van der Waals surface area contributed by atoms with Crippen molar-refractivity contribution in [3.8, 4) is 0 Å². The minimum Gasteiger partial charge on any atom is -0.396 e. The zero-order chi connectivity index (χ0) is 11.0. The number of benzene rings is 1. The Morgan fingerprint density at radius 3 is 2.38 bits per heavy atom. The summed E-state index contributed by atoms with van der Waals surface area (Å²) in [6, 6.07) is 10.5. The van der Waals surface area contributed by atoms with Gasteiger partial charge in [-0.2, -0.15) is 0 Å². The fourth-order valence-corrected chi connectivity index (χ4v) is 3.65. The van der Waals surface area contributed by atoms with Crippen molar-refractivity contribution in [1.82, 2.24) is 0 Å². The van der Waals surface area contributed by atoms with Crippen molar-refractivity contribution in [1.29, 1.82) is 0 Å². The van der Waals surface area contributed by atoms with E-state index in [1.165, 1.54) is 37.7 Å². The first kappa shape index (κ1) is 10.3. The standard InChI is InChI=1S/C15H20O/c16-11-14(12-5-2-1-3-6-12)13-9-15(10-13)7-4-8-15/h1-3,5-6,13-14,16H,4,7-11H2/t14-/m1/s1. The summed E-state index contributed by atoms with van der Waals surface area (Å²) in [5.74, 6) is 1.11. The van der Waals surface area contributed by atoms with Crippen LogP contribution in [0.25, 0.3) is 0 Å². The van der Waals surface area contributed by atoms with Crippen LogP contribution in [0.1, 0.15) is 43.6 Å². The summed E-state index contributed by atoms with van der Waals surface area (Å²) < 4.78 is 0. The molecule has 1 nitrogen and oxygen atoms in total. The van der Waals surface area contributed by atoms with Crippen LogP contribution in [0, 0.1) is 11.3 Å². The maximum absolute atomic E-state index is 9.58. The highest BCUT2D eigenvalue weighted by molar-refractivity contribution is 5.22. The molecule has 3 rings (SSSR count). The maximum Gasteiger partial charge on any atom is 0.0502 e. The minimum atomic E-state index is 0.310. The van der Waals surface area contributed by atoms with Crippen LogP contribution in [0.5, 0.6) is 0 Å². The third kappa shape index (κ3) is 1.58. The summed E-state index contributed by atoms with van der Waals surface area (Å²) in [7, 11) is 0. The zero-order valence-corrected chi connectivity index (χ0v) is 9.73. The summed E-state index contributed by atoms with van der Waals surface area (Å²) in [5, 5.41) is 9.58. The predicted octanol–water partition coefficient (Wildman–Crippen LogP) is 3.34. The SMILES string of the molecule is OC[C@H](c1ccccc1)C1CC2(CCC2)C1. The summed E-state index contributed by atoms with van der Waals surface area (Å²) in [5.41, 5.74) is 2.04. The molecule has 2 aliphatic carbocycles. The lowest BCUT2D eigenvalue weighted by Gasteiger charge is -2.56. The van der Waals surface area contributed by atoms with Crippen LogP contribution in [-0.2, 0) is 0 Å². The molecule has 1 aromatic rings. The first-order valence-electron chi connectivity index (χ1n) is 6.49. The molecule has 1 atom stereocenters. The van der Waals surface area contributed by atoms with Crippen molar-refractivity contribution in [2.24, 2.45) is 11.3 Å². The van der Waals surface area contributed by atoms with Crippen molar-refractivity contribution in [3.63, 3.8) is 0 Å². The molecule has 1 spiro atoms. The van der Waals surface area contributed by atoms with E-state index < -0.39 is 0 Å². The lowest BCUT2D eigenvalue weighted by Crippen LogP contribution is -2.45. The highest BCUT2D eigenvalue weighted by Crippen LogP contribution is 2.61. The van der Waals surface area contributed by atoms with Gasteiger partial charge in [-0.25, -0.2) is 0 Å². The molecule has 16 heavy (non-hydrogen) atoms. The van der Waals surface area contributed by atoms with Gasteiger partial charge in [0.2, 0.25) is 0 Å². The van der Waals surface area contributed by atoms with Crippen LogP contribution in [0.15, 0.2) is 30.3 Å². The maximum atomic E-state index is 9.58. The van der Waals surface area contributed by atoms with Crippen molar-refractivity contribution in [2.75, 3.05) is 6.61 Å². The summed E-state index contributed by atoms with van der Waals surface area (Å²) >= 11 is 0. The Morgan fingerprint density at radius 1 is 1.19 bits per heavy atom. The number of hydrogen-bond acceptors (Lipinski definition) is 1. The van der Waals surface area contributed by atoms with E-state index in [0.717, 1.165) is 5.92 Å². The molecule has 1 N–H and O–H groups in total. The van der Waals surface area contributed by atoms with E-state index in [0.29, 0.717) is 17.9 Å². The molecule has 0 amide bonds. The first-order chi connectivity index (χ1) is 7.83. The Hall–Kier alpha value is -0.820. The Kier molecular flexibility index (Phi) is 2.51. The highest BCUT2D eigenvalue weighted by Gasteiger charge is 2.50. The molecule has 86 valence electrons. The van der Waals surface area contributed by atoms with Gasteiger partial charge in [0.15, 0.2) is 0 Å². The molecule has 2 fully saturated rings. The van der Waals surface area contributed by atoms with Gasteiger partial charge in [0.05, 0.1) is 6.61 Å². The van der Waals surface area contributed by atoms with Crippen LogP contribution in [0.2, 0.25) is 0 Å². The van der Waals surface area contributed by atoms with Crippen LogP contribution in [-0.4, -0.2) is 11.7 Å². The number of aliphatic hydroxyl groups excluding tert-OH is 1. The monoisotopic (exact) mass is 216 g/mol. The number of rotatable bonds is 3.